The summed E-state index contributed by atoms with van der Waals surface area (Å²) in [5.41, 5.74) is 3.50. The topological polar surface area (TPSA) is 46.3 Å². The van der Waals surface area contributed by atoms with Crippen molar-refractivity contribution in [2.24, 2.45) is 0 Å². The van der Waals surface area contributed by atoms with Gasteiger partial charge >= 0.3 is 0 Å². The highest BCUT2D eigenvalue weighted by atomic mass is 16.5. The molecule has 3 rings (SSSR count). The molecule has 0 aliphatic carbocycles. The van der Waals surface area contributed by atoms with Crippen molar-refractivity contribution in [3.8, 4) is 11.5 Å². The molecule has 3 aromatic rings. The van der Waals surface area contributed by atoms with Gasteiger partial charge in [-0.2, -0.15) is 0 Å². The van der Waals surface area contributed by atoms with Gasteiger partial charge in [0.1, 0.15) is 0 Å². The maximum atomic E-state index is 5.34. The van der Waals surface area contributed by atoms with E-state index in [-0.39, 0.29) is 0 Å². The summed E-state index contributed by atoms with van der Waals surface area (Å²) in [5.74, 6) is 1.53. The fourth-order valence-corrected chi connectivity index (χ4v) is 2.60. The van der Waals surface area contributed by atoms with Crippen LogP contribution in [-0.2, 0) is 6.42 Å². The lowest BCUT2D eigenvalue weighted by Gasteiger charge is -2.10. The fraction of sp³-hybridized carbons (Fsp3) is 0.222. The summed E-state index contributed by atoms with van der Waals surface area (Å²) >= 11 is 0. The molecule has 0 aliphatic heterocycles. The maximum Gasteiger partial charge on any atom is 0.160 e. The molecular weight excluding hydrogens is 276 g/mol. The van der Waals surface area contributed by atoms with Crippen LogP contribution in [0.3, 0.4) is 0 Å². The van der Waals surface area contributed by atoms with Crippen LogP contribution in [0.15, 0.2) is 48.7 Å². The van der Waals surface area contributed by atoms with Crippen molar-refractivity contribution < 1.29 is 9.47 Å². The third-order valence-corrected chi connectivity index (χ3v) is 3.77. The van der Waals surface area contributed by atoms with Crippen molar-refractivity contribution in [1.29, 1.82) is 0 Å². The van der Waals surface area contributed by atoms with Gasteiger partial charge in [0.15, 0.2) is 11.5 Å². The molecule has 0 unspecified atom stereocenters. The van der Waals surface area contributed by atoms with Crippen molar-refractivity contribution in [1.82, 2.24) is 4.98 Å². The first-order valence-electron chi connectivity index (χ1n) is 7.32. The number of hydrogen-bond acceptors (Lipinski definition) is 3. The van der Waals surface area contributed by atoms with E-state index in [1.807, 2.05) is 24.4 Å². The van der Waals surface area contributed by atoms with Crippen LogP contribution in [0.5, 0.6) is 11.5 Å². The molecule has 4 heteroatoms. The number of anilines is 1. The Hall–Kier alpha value is -2.62. The van der Waals surface area contributed by atoms with Crippen molar-refractivity contribution in [3.05, 3.63) is 54.2 Å². The van der Waals surface area contributed by atoms with Crippen molar-refractivity contribution in [2.75, 3.05) is 26.1 Å². The molecule has 1 aromatic heterocycles. The Morgan fingerprint density at radius 3 is 2.64 bits per heavy atom. The van der Waals surface area contributed by atoms with Gasteiger partial charge in [-0.15, -0.1) is 0 Å². The van der Waals surface area contributed by atoms with E-state index in [1.165, 1.54) is 10.9 Å². The van der Waals surface area contributed by atoms with Gasteiger partial charge in [-0.3, -0.25) is 0 Å². The molecule has 0 aliphatic rings. The average molecular weight is 296 g/mol. The zero-order valence-corrected chi connectivity index (χ0v) is 12.8. The largest absolute Gasteiger partial charge is 0.493 e. The molecule has 0 radical (unpaired) electrons. The molecule has 0 atom stereocenters. The van der Waals surface area contributed by atoms with Gasteiger partial charge in [0, 0.05) is 23.6 Å². The van der Waals surface area contributed by atoms with E-state index in [1.54, 1.807) is 14.2 Å². The van der Waals surface area contributed by atoms with E-state index in [9.17, 15) is 0 Å². The first kappa shape index (κ1) is 14.3. The van der Waals surface area contributed by atoms with Crippen LogP contribution in [-0.4, -0.2) is 25.7 Å². The van der Waals surface area contributed by atoms with Gasteiger partial charge < -0.3 is 19.8 Å². The second-order valence-electron chi connectivity index (χ2n) is 5.11. The first-order valence-corrected chi connectivity index (χ1v) is 7.32. The summed E-state index contributed by atoms with van der Waals surface area (Å²) in [6.45, 7) is 0.858. The third-order valence-electron chi connectivity index (χ3n) is 3.77. The van der Waals surface area contributed by atoms with Crippen molar-refractivity contribution in [3.63, 3.8) is 0 Å². The highest BCUT2D eigenvalue weighted by Crippen LogP contribution is 2.28. The number of hydrogen-bond donors (Lipinski definition) is 2. The number of aromatic nitrogens is 1. The number of nitrogens with one attached hydrogen (secondary N) is 2. The smallest absolute Gasteiger partial charge is 0.160 e. The number of ether oxygens (including phenoxy) is 2. The van der Waals surface area contributed by atoms with E-state index in [0.717, 1.165) is 35.7 Å². The molecule has 4 nitrogen and oxygen atoms in total. The molecule has 0 fully saturated rings. The lowest BCUT2D eigenvalue weighted by molar-refractivity contribution is 0.354. The van der Waals surface area contributed by atoms with E-state index >= 15 is 0 Å². The average Bonchev–Trinajstić information content (AvgIpc) is 2.98. The van der Waals surface area contributed by atoms with Gasteiger partial charge in [-0.1, -0.05) is 24.3 Å². The number of rotatable bonds is 6. The Morgan fingerprint density at radius 2 is 1.82 bits per heavy atom. The Kier molecular flexibility index (Phi) is 4.19. The third kappa shape index (κ3) is 2.86. The summed E-state index contributed by atoms with van der Waals surface area (Å²) in [6, 6.07) is 14.3. The second-order valence-corrected chi connectivity index (χ2v) is 5.11. The summed E-state index contributed by atoms with van der Waals surface area (Å²) < 4.78 is 10.6. The van der Waals surface area contributed by atoms with Gasteiger partial charge in [-0.05, 0) is 30.2 Å². The van der Waals surface area contributed by atoms with Gasteiger partial charge in [0.25, 0.3) is 0 Å². The van der Waals surface area contributed by atoms with E-state index < -0.39 is 0 Å². The van der Waals surface area contributed by atoms with Gasteiger partial charge in [0.05, 0.1) is 19.9 Å². The molecule has 2 N–H and O–H groups in total. The van der Waals surface area contributed by atoms with Crippen molar-refractivity contribution >= 4 is 16.6 Å². The van der Waals surface area contributed by atoms with E-state index in [4.69, 9.17) is 9.47 Å². The lowest BCUT2D eigenvalue weighted by atomic mass is 10.1. The quantitative estimate of drug-likeness (QED) is 0.726. The molecule has 0 saturated carbocycles. The Balaban J connectivity index is 1.66. The van der Waals surface area contributed by atoms with Crippen LogP contribution in [0, 0.1) is 0 Å². The van der Waals surface area contributed by atoms with Crippen LogP contribution >= 0.6 is 0 Å². The van der Waals surface area contributed by atoms with Crippen LogP contribution < -0.4 is 14.8 Å². The van der Waals surface area contributed by atoms with Gasteiger partial charge in [-0.25, -0.2) is 0 Å². The standard InChI is InChI=1S/C18H20N2O2/c1-21-17-8-7-13(11-18(17)22-2)9-10-19-16-12-20-15-6-4-3-5-14(15)16/h3-8,11-12,19-20H,9-10H2,1-2H3. The Bertz CT molecular complexity index is 765. The molecular formula is C18H20N2O2. The fourth-order valence-electron chi connectivity index (χ4n) is 2.60. The number of fused-ring (bicyclic) bond motifs is 1. The highest BCUT2D eigenvalue weighted by Gasteiger charge is 2.05. The van der Waals surface area contributed by atoms with Crippen molar-refractivity contribution in [2.45, 2.75) is 6.42 Å². The number of H-pyrrole nitrogens is 1. The normalized spacial score (nSPS) is 10.6. The molecule has 114 valence electrons. The summed E-state index contributed by atoms with van der Waals surface area (Å²) in [4.78, 5) is 3.27. The summed E-state index contributed by atoms with van der Waals surface area (Å²) in [7, 11) is 3.31. The number of methoxy groups -OCH3 is 2. The molecule has 2 aromatic carbocycles. The van der Waals surface area contributed by atoms with E-state index in [2.05, 4.69) is 34.6 Å². The Labute approximate surface area is 130 Å². The second kappa shape index (κ2) is 6.43. The summed E-state index contributed by atoms with van der Waals surface area (Å²) in [5, 5.41) is 4.70. The minimum Gasteiger partial charge on any atom is -0.493 e. The van der Waals surface area contributed by atoms with Crippen LogP contribution in [0.2, 0.25) is 0 Å². The highest BCUT2D eigenvalue weighted by molar-refractivity contribution is 5.92. The number of benzene rings is 2. The summed E-state index contributed by atoms with van der Waals surface area (Å²) in [6.07, 6.45) is 2.93. The predicted octanol–water partition coefficient (Wildman–Crippen LogP) is 3.84. The lowest BCUT2D eigenvalue weighted by Crippen LogP contribution is -2.04. The minimum absolute atomic E-state index is 0.760. The maximum absolute atomic E-state index is 5.34. The Morgan fingerprint density at radius 1 is 1.00 bits per heavy atom. The van der Waals surface area contributed by atoms with Crippen LogP contribution in [0.1, 0.15) is 5.56 Å². The zero-order valence-electron chi connectivity index (χ0n) is 12.8. The van der Waals surface area contributed by atoms with E-state index in [0.29, 0.717) is 0 Å². The molecule has 22 heavy (non-hydrogen) atoms. The molecule has 1 heterocycles. The SMILES string of the molecule is COc1ccc(CCNc2c[nH]c3ccccc23)cc1OC. The molecule has 0 saturated heterocycles. The molecule has 0 amide bonds. The molecule has 0 spiro atoms. The zero-order chi connectivity index (χ0) is 15.4. The van der Waals surface area contributed by atoms with Crippen LogP contribution in [0.25, 0.3) is 10.9 Å². The number of para-hydroxylation sites is 1. The molecule has 0 bridgehead atoms. The minimum atomic E-state index is 0.760. The first-order chi connectivity index (χ1) is 10.8. The monoisotopic (exact) mass is 296 g/mol. The van der Waals surface area contributed by atoms with Crippen LogP contribution in [0.4, 0.5) is 5.69 Å². The number of aromatic amines is 1. The van der Waals surface area contributed by atoms with Gasteiger partial charge in [0.2, 0.25) is 0 Å². The predicted molar refractivity (Wildman–Crippen MR) is 90.0 cm³/mol.